The molecular formula is C16H13Cl2N3O3S. The van der Waals surface area contributed by atoms with Gasteiger partial charge in [0.2, 0.25) is 21.8 Å². The molecule has 0 saturated carbocycles. The van der Waals surface area contributed by atoms with Crippen LogP contribution in [-0.4, -0.2) is 18.6 Å². The van der Waals surface area contributed by atoms with E-state index in [0.717, 1.165) is 11.1 Å². The van der Waals surface area contributed by atoms with Gasteiger partial charge in [0.05, 0.1) is 21.5 Å². The van der Waals surface area contributed by atoms with E-state index < -0.39 is 10.0 Å². The summed E-state index contributed by atoms with van der Waals surface area (Å²) in [5.41, 5.74) is 1.87. The molecule has 9 heteroatoms. The van der Waals surface area contributed by atoms with E-state index in [4.69, 9.17) is 27.6 Å². The van der Waals surface area contributed by atoms with Crippen molar-refractivity contribution in [2.45, 2.75) is 18.4 Å². The highest BCUT2D eigenvalue weighted by Crippen LogP contribution is 2.25. The van der Waals surface area contributed by atoms with Crippen LogP contribution < -0.4 is 4.72 Å². The van der Waals surface area contributed by atoms with Crippen molar-refractivity contribution >= 4 is 33.2 Å². The zero-order valence-electron chi connectivity index (χ0n) is 13.0. The Labute approximate surface area is 154 Å². The number of hydrogen-bond acceptors (Lipinski definition) is 5. The van der Waals surface area contributed by atoms with Crippen molar-refractivity contribution in [3.05, 3.63) is 64.0 Å². The molecule has 6 nitrogen and oxygen atoms in total. The Morgan fingerprint density at radius 1 is 1.04 bits per heavy atom. The van der Waals surface area contributed by atoms with Gasteiger partial charge in [-0.25, -0.2) is 13.1 Å². The predicted molar refractivity (Wildman–Crippen MR) is 95.0 cm³/mol. The lowest BCUT2D eigenvalue weighted by atomic mass is 10.1. The van der Waals surface area contributed by atoms with Gasteiger partial charge in [-0.05, 0) is 37.3 Å². The van der Waals surface area contributed by atoms with E-state index in [1.54, 1.807) is 0 Å². The molecule has 0 saturated heterocycles. The fourth-order valence-electron chi connectivity index (χ4n) is 2.02. The van der Waals surface area contributed by atoms with Crippen LogP contribution in [0.15, 0.2) is 51.8 Å². The Morgan fingerprint density at radius 3 is 2.44 bits per heavy atom. The van der Waals surface area contributed by atoms with Crippen molar-refractivity contribution in [2.24, 2.45) is 0 Å². The minimum Gasteiger partial charge on any atom is -0.419 e. The molecule has 3 rings (SSSR count). The van der Waals surface area contributed by atoms with Crippen molar-refractivity contribution in [3.63, 3.8) is 0 Å². The number of sulfonamides is 1. The third kappa shape index (κ3) is 4.19. The Kier molecular flexibility index (Phi) is 5.10. The minimum absolute atomic E-state index is 0.000161. The van der Waals surface area contributed by atoms with Crippen molar-refractivity contribution < 1.29 is 12.8 Å². The number of aryl methyl sites for hydroxylation is 1. The van der Waals surface area contributed by atoms with E-state index >= 15 is 0 Å². The zero-order chi connectivity index (χ0) is 18.0. The maximum absolute atomic E-state index is 12.3. The molecule has 0 aliphatic carbocycles. The highest BCUT2D eigenvalue weighted by Gasteiger charge is 2.17. The lowest BCUT2D eigenvalue weighted by Crippen LogP contribution is -2.23. The highest BCUT2D eigenvalue weighted by molar-refractivity contribution is 7.89. The molecule has 130 valence electrons. The molecule has 0 radical (unpaired) electrons. The Balaban J connectivity index is 1.73. The Morgan fingerprint density at radius 2 is 1.76 bits per heavy atom. The molecule has 0 spiro atoms. The molecule has 0 aliphatic rings. The predicted octanol–water partition coefficient (Wildman–Crippen LogP) is 3.83. The molecule has 1 aromatic heterocycles. The molecule has 1 N–H and O–H groups in total. The Bertz CT molecular complexity index is 1000. The molecule has 1 heterocycles. The summed E-state index contributed by atoms with van der Waals surface area (Å²) in [4.78, 5) is 0.000161. The van der Waals surface area contributed by atoms with Gasteiger partial charge in [-0.15, -0.1) is 10.2 Å². The largest absolute Gasteiger partial charge is 0.419 e. The number of aromatic nitrogens is 2. The number of rotatable bonds is 5. The molecule has 2 aromatic carbocycles. The van der Waals surface area contributed by atoms with Gasteiger partial charge in [0.25, 0.3) is 0 Å². The number of hydrogen-bond donors (Lipinski definition) is 1. The average Bonchev–Trinajstić information content (AvgIpc) is 3.05. The first kappa shape index (κ1) is 17.9. The van der Waals surface area contributed by atoms with Crippen molar-refractivity contribution in [2.75, 3.05) is 0 Å². The second kappa shape index (κ2) is 7.13. The SMILES string of the molecule is Cc1ccc(-c2nnc(CNS(=O)(=O)c3ccc(Cl)c(Cl)c3)o2)cc1. The number of benzene rings is 2. The lowest BCUT2D eigenvalue weighted by Gasteiger charge is -2.05. The molecule has 25 heavy (non-hydrogen) atoms. The third-order valence-corrected chi connectivity index (χ3v) is 5.52. The number of nitrogens with zero attached hydrogens (tertiary/aromatic N) is 2. The molecule has 0 unspecified atom stereocenters. The molecule has 0 atom stereocenters. The fourth-order valence-corrected chi connectivity index (χ4v) is 3.39. The second-order valence-electron chi connectivity index (χ2n) is 5.27. The summed E-state index contributed by atoms with van der Waals surface area (Å²) >= 11 is 11.6. The molecule has 0 amide bonds. The van der Waals surface area contributed by atoms with Crippen LogP contribution in [0, 0.1) is 6.92 Å². The minimum atomic E-state index is -3.78. The highest BCUT2D eigenvalue weighted by atomic mass is 35.5. The van der Waals surface area contributed by atoms with E-state index in [2.05, 4.69) is 14.9 Å². The summed E-state index contributed by atoms with van der Waals surface area (Å²) in [6.07, 6.45) is 0. The molecule has 3 aromatic rings. The van der Waals surface area contributed by atoms with Gasteiger partial charge >= 0.3 is 0 Å². The van der Waals surface area contributed by atoms with Gasteiger partial charge in [0.15, 0.2) is 0 Å². The average molecular weight is 398 g/mol. The van der Waals surface area contributed by atoms with E-state index in [-0.39, 0.29) is 27.4 Å². The van der Waals surface area contributed by atoms with E-state index in [0.29, 0.717) is 5.89 Å². The summed E-state index contributed by atoms with van der Waals surface area (Å²) in [5.74, 6) is 0.475. The molecule has 0 fully saturated rings. The van der Waals surface area contributed by atoms with Crippen molar-refractivity contribution in [1.29, 1.82) is 0 Å². The van der Waals surface area contributed by atoms with Gasteiger partial charge in [-0.1, -0.05) is 40.9 Å². The van der Waals surface area contributed by atoms with Crippen LogP contribution in [0.4, 0.5) is 0 Å². The van der Waals surface area contributed by atoms with Gasteiger partial charge in [-0.2, -0.15) is 0 Å². The van der Waals surface area contributed by atoms with Crippen LogP contribution in [0.3, 0.4) is 0 Å². The lowest BCUT2D eigenvalue weighted by molar-refractivity contribution is 0.494. The zero-order valence-corrected chi connectivity index (χ0v) is 15.4. The summed E-state index contributed by atoms with van der Waals surface area (Å²) in [5, 5.41) is 8.21. The monoisotopic (exact) mass is 397 g/mol. The normalized spacial score (nSPS) is 11.6. The number of halogens is 2. The van der Waals surface area contributed by atoms with Gasteiger partial charge in [0, 0.05) is 5.56 Å². The molecule has 0 aliphatic heterocycles. The first-order valence-corrected chi connectivity index (χ1v) is 9.43. The first-order chi connectivity index (χ1) is 11.8. The first-order valence-electron chi connectivity index (χ1n) is 7.19. The number of nitrogens with one attached hydrogen (secondary N) is 1. The smallest absolute Gasteiger partial charge is 0.247 e. The van der Waals surface area contributed by atoms with Crippen LogP contribution in [-0.2, 0) is 16.6 Å². The second-order valence-corrected chi connectivity index (χ2v) is 7.85. The summed E-state index contributed by atoms with van der Waals surface area (Å²) < 4.78 is 32.4. The van der Waals surface area contributed by atoms with Crippen molar-refractivity contribution in [3.8, 4) is 11.5 Å². The maximum Gasteiger partial charge on any atom is 0.247 e. The van der Waals surface area contributed by atoms with Crippen LogP contribution in [0.2, 0.25) is 10.0 Å². The summed E-state index contributed by atoms with van der Waals surface area (Å²) in [6.45, 7) is 1.84. The quantitative estimate of drug-likeness (QED) is 0.706. The molecule has 0 bridgehead atoms. The van der Waals surface area contributed by atoms with E-state index in [1.807, 2.05) is 31.2 Å². The van der Waals surface area contributed by atoms with Crippen LogP contribution in [0.1, 0.15) is 11.5 Å². The fraction of sp³-hybridized carbons (Fsp3) is 0.125. The van der Waals surface area contributed by atoms with Crippen molar-refractivity contribution in [1.82, 2.24) is 14.9 Å². The van der Waals surface area contributed by atoms with Gasteiger partial charge < -0.3 is 4.42 Å². The van der Waals surface area contributed by atoms with Crippen LogP contribution in [0.25, 0.3) is 11.5 Å². The Hall–Kier alpha value is -1.93. The van der Waals surface area contributed by atoms with Gasteiger partial charge in [-0.3, -0.25) is 0 Å². The van der Waals surface area contributed by atoms with Crippen LogP contribution >= 0.6 is 23.2 Å². The molecular weight excluding hydrogens is 385 g/mol. The summed E-state index contributed by atoms with van der Waals surface area (Å²) in [7, 11) is -3.78. The summed E-state index contributed by atoms with van der Waals surface area (Å²) in [6, 6.07) is 11.6. The third-order valence-electron chi connectivity index (χ3n) is 3.38. The topological polar surface area (TPSA) is 85.1 Å². The van der Waals surface area contributed by atoms with E-state index in [9.17, 15) is 8.42 Å². The van der Waals surface area contributed by atoms with Crippen LogP contribution in [0.5, 0.6) is 0 Å². The van der Waals surface area contributed by atoms with Gasteiger partial charge in [0.1, 0.15) is 0 Å². The van der Waals surface area contributed by atoms with E-state index in [1.165, 1.54) is 18.2 Å². The maximum atomic E-state index is 12.3. The standard InChI is InChI=1S/C16H13Cl2N3O3S/c1-10-2-4-11(5-3-10)16-21-20-15(24-16)9-19-25(22,23)12-6-7-13(17)14(18)8-12/h2-8,19H,9H2,1H3.